The molecular weight excluding hydrogens is 250 g/mol. The SMILES string of the molecule is CN(Cc1nccn1C)c1ccc2cnccc2c1N. The zero-order valence-electron chi connectivity index (χ0n) is 11.6. The van der Waals surface area contributed by atoms with Crippen LogP contribution in [0.1, 0.15) is 5.82 Å². The van der Waals surface area contributed by atoms with E-state index in [-0.39, 0.29) is 0 Å². The van der Waals surface area contributed by atoms with E-state index in [1.165, 1.54) is 0 Å². The molecule has 0 aliphatic carbocycles. The number of aromatic nitrogens is 3. The lowest BCUT2D eigenvalue weighted by molar-refractivity contribution is 0.762. The van der Waals surface area contributed by atoms with Crippen LogP contribution in [0, 0.1) is 0 Å². The predicted octanol–water partition coefficient (Wildman–Crippen LogP) is 2.19. The summed E-state index contributed by atoms with van der Waals surface area (Å²) in [5, 5.41) is 2.09. The van der Waals surface area contributed by atoms with Crippen LogP contribution in [-0.2, 0) is 13.6 Å². The van der Waals surface area contributed by atoms with Gasteiger partial charge in [0.15, 0.2) is 0 Å². The second-order valence-corrected chi connectivity index (χ2v) is 4.91. The summed E-state index contributed by atoms with van der Waals surface area (Å²) in [4.78, 5) is 10.6. The Morgan fingerprint density at radius 3 is 2.85 bits per heavy atom. The summed E-state index contributed by atoms with van der Waals surface area (Å²) >= 11 is 0. The van der Waals surface area contributed by atoms with E-state index in [1.807, 2.05) is 49.3 Å². The molecule has 0 saturated heterocycles. The largest absolute Gasteiger partial charge is 0.397 e. The lowest BCUT2D eigenvalue weighted by Gasteiger charge is -2.21. The van der Waals surface area contributed by atoms with Gasteiger partial charge in [0.2, 0.25) is 0 Å². The third kappa shape index (κ3) is 2.07. The topological polar surface area (TPSA) is 60.0 Å². The number of fused-ring (bicyclic) bond motifs is 1. The van der Waals surface area contributed by atoms with Crippen molar-refractivity contribution in [1.82, 2.24) is 14.5 Å². The molecule has 0 unspecified atom stereocenters. The van der Waals surface area contributed by atoms with E-state index in [2.05, 4.69) is 14.9 Å². The number of pyridine rings is 1. The monoisotopic (exact) mass is 267 g/mol. The second-order valence-electron chi connectivity index (χ2n) is 4.91. The molecule has 2 heterocycles. The Kier molecular flexibility index (Phi) is 3.02. The van der Waals surface area contributed by atoms with Gasteiger partial charge in [-0.2, -0.15) is 0 Å². The number of anilines is 2. The summed E-state index contributed by atoms with van der Waals surface area (Å²) in [7, 11) is 4.01. The summed E-state index contributed by atoms with van der Waals surface area (Å²) in [5.41, 5.74) is 8.08. The third-order valence-electron chi connectivity index (χ3n) is 3.55. The molecule has 0 bridgehead atoms. The van der Waals surface area contributed by atoms with Gasteiger partial charge in [-0.05, 0) is 12.1 Å². The summed E-state index contributed by atoms with van der Waals surface area (Å²) in [6.45, 7) is 0.713. The molecule has 3 aromatic rings. The average Bonchev–Trinajstić information content (AvgIpc) is 2.85. The number of rotatable bonds is 3. The van der Waals surface area contributed by atoms with Crippen molar-refractivity contribution in [3.8, 4) is 0 Å². The zero-order chi connectivity index (χ0) is 14.1. The van der Waals surface area contributed by atoms with Crippen molar-refractivity contribution in [3.63, 3.8) is 0 Å². The molecule has 0 amide bonds. The standard InChI is InChI=1S/C15H17N5/c1-19-8-7-18-14(19)10-20(2)13-4-3-11-9-17-6-5-12(11)15(13)16/h3-9H,10,16H2,1-2H3. The molecule has 5 nitrogen and oxygen atoms in total. The van der Waals surface area contributed by atoms with E-state index in [4.69, 9.17) is 5.73 Å². The molecule has 0 saturated carbocycles. The second kappa shape index (κ2) is 4.85. The lowest BCUT2D eigenvalue weighted by atomic mass is 10.1. The first-order valence-electron chi connectivity index (χ1n) is 6.46. The molecule has 3 rings (SSSR count). The van der Waals surface area contributed by atoms with E-state index >= 15 is 0 Å². The van der Waals surface area contributed by atoms with Gasteiger partial charge >= 0.3 is 0 Å². The Morgan fingerprint density at radius 1 is 1.25 bits per heavy atom. The highest BCUT2D eigenvalue weighted by Gasteiger charge is 2.11. The van der Waals surface area contributed by atoms with Gasteiger partial charge in [-0.3, -0.25) is 4.98 Å². The molecule has 5 heteroatoms. The molecule has 2 aromatic heterocycles. The van der Waals surface area contributed by atoms with Crippen LogP contribution in [0.25, 0.3) is 10.8 Å². The summed E-state index contributed by atoms with van der Waals surface area (Å²) < 4.78 is 2.01. The van der Waals surface area contributed by atoms with E-state index in [0.717, 1.165) is 28.0 Å². The van der Waals surface area contributed by atoms with Gasteiger partial charge in [0.05, 0.1) is 17.9 Å². The molecule has 0 radical (unpaired) electrons. The Labute approximate surface area is 117 Å². The molecule has 1 aromatic carbocycles. The Morgan fingerprint density at radius 2 is 2.10 bits per heavy atom. The van der Waals surface area contributed by atoms with Crippen LogP contribution in [0.15, 0.2) is 43.0 Å². The maximum Gasteiger partial charge on any atom is 0.127 e. The van der Waals surface area contributed by atoms with Crippen LogP contribution < -0.4 is 10.6 Å². The van der Waals surface area contributed by atoms with Crippen molar-refractivity contribution in [2.45, 2.75) is 6.54 Å². The maximum absolute atomic E-state index is 6.29. The number of hydrogen-bond acceptors (Lipinski definition) is 4. The molecular formula is C15H17N5. The van der Waals surface area contributed by atoms with Crippen molar-refractivity contribution >= 4 is 22.1 Å². The van der Waals surface area contributed by atoms with Gasteiger partial charge < -0.3 is 15.2 Å². The maximum atomic E-state index is 6.29. The molecule has 102 valence electrons. The molecule has 2 N–H and O–H groups in total. The van der Waals surface area contributed by atoms with Gasteiger partial charge in [0.25, 0.3) is 0 Å². The van der Waals surface area contributed by atoms with Crippen LogP contribution in [-0.4, -0.2) is 21.6 Å². The molecule has 0 aliphatic heterocycles. The minimum Gasteiger partial charge on any atom is -0.397 e. The highest BCUT2D eigenvalue weighted by atomic mass is 15.2. The number of aryl methyl sites for hydroxylation is 1. The van der Waals surface area contributed by atoms with Gasteiger partial charge in [-0.1, -0.05) is 6.07 Å². The Balaban J connectivity index is 1.97. The van der Waals surface area contributed by atoms with Crippen molar-refractivity contribution in [3.05, 3.63) is 48.8 Å². The molecule has 0 spiro atoms. The van der Waals surface area contributed by atoms with Crippen LogP contribution in [0.2, 0.25) is 0 Å². The fraction of sp³-hybridized carbons (Fsp3) is 0.200. The fourth-order valence-electron chi connectivity index (χ4n) is 2.36. The Bertz CT molecular complexity index is 747. The lowest BCUT2D eigenvalue weighted by Crippen LogP contribution is -2.20. The van der Waals surface area contributed by atoms with Crippen LogP contribution >= 0.6 is 0 Å². The van der Waals surface area contributed by atoms with Gasteiger partial charge in [-0.25, -0.2) is 4.98 Å². The number of imidazole rings is 1. The van der Waals surface area contributed by atoms with Gasteiger partial charge in [0.1, 0.15) is 5.82 Å². The van der Waals surface area contributed by atoms with E-state index in [9.17, 15) is 0 Å². The smallest absolute Gasteiger partial charge is 0.127 e. The van der Waals surface area contributed by atoms with E-state index in [0.29, 0.717) is 6.54 Å². The normalized spacial score (nSPS) is 10.9. The Hall–Kier alpha value is -2.56. The van der Waals surface area contributed by atoms with Crippen molar-refractivity contribution in [1.29, 1.82) is 0 Å². The van der Waals surface area contributed by atoms with E-state index < -0.39 is 0 Å². The van der Waals surface area contributed by atoms with Gasteiger partial charge in [-0.15, -0.1) is 0 Å². The van der Waals surface area contributed by atoms with Crippen LogP contribution in [0.5, 0.6) is 0 Å². The van der Waals surface area contributed by atoms with Crippen LogP contribution in [0.4, 0.5) is 11.4 Å². The van der Waals surface area contributed by atoms with Crippen molar-refractivity contribution in [2.75, 3.05) is 17.7 Å². The quantitative estimate of drug-likeness (QED) is 0.739. The number of nitrogen functional groups attached to an aromatic ring is 1. The number of nitrogens with zero attached hydrogens (tertiary/aromatic N) is 4. The number of benzene rings is 1. The molecule has 0 atom stereocenters. The summed E-state index contributed by atoms with van der Waals surface area (Å²) in [5.74, 6) is 1.00. The van der Waals surface area contributed by atoms with Crippen molar-refractivity contribution in [2.24, 2.45) is 7.05 Å². The molecule has 0 fully saturated rings. The minimum atomic E-state index is 0.713. The first-order chi connectivity index (χ1) is 9.66. The number of hydrogen-bond donors (Lipinski definition) is 1. The highest BCUT2D eigenvalue weighted by molar-refractivity contribution is 5.98. The first-order valence-corrected chi connectivity index (χ1v) is 6.46. The fourth-order valence-corrected chi connectivity index (χ4v) is 2.36. The average molecular weight is 267 g/mol. The van der Waals surface area contributed by atoms with E-state index in [1.54, 1.807) is 12.4 Å². The predicted molar refractivity (Wildman–Crippen MR) is 81.5 cm³/mol. The summed E-state index contributed by atoms with van der Waals surface area (Å²) in [6.07, 6.45) is 7.34. The van der Waals surface area contributed by atoms with Crippen molar-refractivity contribution < 1.29 is 0 Å². The zero-order valence-corrected chi connectivity index (χ0v) is 11.6. The molecule has 0 aliphatic rings. The molecule has 20 heavy (non-hydrogen) atoms. The number of nitrogens with two attached hydrogens (primary N) is 1. The minimum absolute atomic E-state index is 0.713. The van der Waals surface area contributed by atoms with Crippen LogP contribution in [0.3, 0.4) is 0 Å². The highest BCUT2D eigenvalue weighted by Crippen LogP contribution is 2.30. The van der Waals surface area contributed by atoms with Gasteiger partial charge in [0, 0.05) is 49.7 Å². The summed E-state index contributed by atoms with van der Waals surface area (Å²) in [6, 6.07) is 6.02. The third-order valence-corrected chi connectivity index (χ3v) is 3.55. The first kappa shape index (κ1) is 12.5.